The minimum absolute atomic E-state index is 0.305. The topological polar surface area (TPSA) is 21.8 Å². The van der Waals surface area contributed by atoms with Crippen molar-refractivity contribution in [1.29, 1.82) is 0 Å². The van der Waals surface area contributed by atoms with Crippen LogP contribution in [-0.2, 0) is 15.9 Å². The molecule has 1 aliphatic heterocycles. The molecule has 2 heteroatoms. The molecule has 1 heterocycles. The van der Waals surface area contributed by atoms with E-state index in [1.54, 1.807) is 0 Å². The number of aryl methyl sites for hydroxylation is 1. The Morgan fingerprint density at radius 1 is 1.33 bits per heavy atom. The number of epoxide rings is 1. The summed E-state index contributed by atoms with van der Waals surface area (Å²) in [6.07, 6.45) is 4.28. The zero-order valence-electron chi connectivity index (χ0n) is 8.82. The van der Waals surface area contributed by atoms with Crippen LogP contribution in [0.2, 0.25) is 0 Å². The maximum absolute atomic E-state index is 5.91. The van der Waals surface area contributed by atoms with E-state index in [2.05, 4.69) is 24.3 Å². The predicted octanol–water partition coefficient (Wildman–Crippen LogP) is 2.48. The van der Waals surface area contributed by atoms with Crippen LogP contribution in [0, 0.1) is 0 Å². The average Bonchev–Trinajstić information content (AvgIpc) is 3.10. The predicted molar refractivity (Wildman–Crippen MR) is 57.8 cm³/mol. The molecule has 0 saturated carbocycles. The van der Waals surface area contributed by atoms with Crippen molar-refractivity contribution in [3.8, 4) is 0 Å². The molecule has 2 atom stereocenters. The van der Waals surface area contributed by atoms with Crippen LogP contribution >= 0.6 is 0 Å². The summed E-state index contributed by atoms with van der Waals surface area (Å²) in [5.41, 5.74) is 2.86. The van der Waals surface area contributed by atoms with Crippen molar-refractivity contribution in [3.63, 3.8) is 0 Å². The normalized spacial score (nSPS) is 28.5. The highest BCUT2D eigenvalue weighted by Crippen LogP contribution is 2.32. The van der Waals surface area contributed by atoms with E-state index in [0.29, 0.717) is 12.2 Å². The van der Waals surface area contributed by atoms with Crippen LogP contribution < -0.4 is 0 Å². The van der Waals surface area contributed by atoms with Gasteiger partial charge in [0.15, 0.2) is 0 Å². The van der Waals surface area contributed by atoms with Gasteiger partial charge in [-0.05, 0) is 30.4 Å². The van der Waals surface area contributed by atoms with Gasteiger partial charge in [-0.3, -0.25) is 0 Å². The van der Waals surface area contributed by atoms with Gasteiger partial charge in [-0.15, -0.1) is 0 Å². The molecule has 0 amide bonds. The summed E-state index contributed by atoms with van der Waals surface area (Å²) in [6, 6.07) is 8.64. The van der Waals surface area contributed by atoms with Gasteiger partial charge >= 0.3 is 0 Å². The molecular weight excluding hydrogens is 188 g/mol. The molecule has 1 fully saturated rings. The van der Waals surface area contributed by atoms with Gasteiger partial charge in [0.1, 0.15) is 6.10 Å². The summed E-state index contributed by atoms with van der Waals surface area (Å²) in [4.78, 5) is 0. The molecule has 1 saturated heterocycles. The SMILES string of the molecule is c1ccc2c(c1)CCC[C@@H]2OC[C@@H]1CO1. The zero-order chi connectivity index (χ0) is 10.1. The first kappa shape index (κ1) is 9.37. The molecule has 2 aliphatic rings. The summed E-state index contributed by atoms with van der Waals surface area (Å²) >= 11 is 0. The molecule has 0 radical (unpaired) electrons. The zero-order valence-corrected chi connectivity index (χ0v) is 8.82. The maximum atomic E-state index is 5.91. The fraction of sp³-hybridized carbons (Fsp3) is 0.538. The molecule has 1 aromatic carbocycles. The monoisotopic (exact) mass is 204 g/mol. The molecule has 1 aromatic rings. The Kier molecular flexibility index (Phi) is 2.47. The van der Waals surface area contributed by atoms with Gasteiger partial charge in [0.25, 0.3) is 0 Å². The molecule has 15 heavy (non-hydrogen) atoms. The molecule has 1 aliphatic carbocycles. The van der Waals surface area contributed by atoms with Gasteiger partial charge in [-0.1, -0.05) is 24.3 Å². The van der Waals surface area contributed by atoms with E-state index in [9.17, 15) is 0 Å². The van der Waals surface area contributed by atoms with Crippen LogP contribution in [0.25, 0.3) is 0 Å². The maximum Gasteiger partial charge on any atom is 0.104 e. The summed E-state index contributed by atoms with van der Waals surface area (Å²) in [6.45, 7) is 1.65. The molecule has 2 nitrogen and oxygen atoms in total. The molecule has 0 bridgehead atoms. The Morgan fingerprint density at radius 3 is 3.07 bits per heavy atom. The molecular formula is C13H16O2. The Bertz CT molecular complexity index is 344. The Morgan fingerprint density at radius 2 is 2.20 bits per heavy atom. The minimum atomic E-state index is 0.305. The first-order valence-electron chi connectivity index (χ1n) is 5.74. The van der Waals surface area contributed by atoms with Crippen molar-refractivity contribution in [3.05, 3.63) is 35.4 Å². The third-order valence-corrected chi connectivity index (χ3v) is 3.20. The van der Waals surface area contributed by atoms with Gasteiger partial charge in [0.05, 0.1) is 19.3 Å². The number of hydrogen-bond donors (Lipinski definition) is 0. The van der Waals surface area contributed by atoms with Gasteiger partial charge in [-0.2, -0.15) is 0 Å². The van der Waals surface area contributed by atoms with Gasteiger partial charge in [0.2, 0.25) is 0 Å². The van der Waals surface area contributed by atoms with Crippen LogP contribution in [0.1, 0.15) is 30.1 Å². The van der Waals surface area contributed by atoms with Crippen molar-refractivity contribution in [2.75, 3.05) is 13.2 Å². The average molecular weight is 204 g/mol. The minimum Gasteiger partial charge on any atom is -0.371 e. The van der Waals surface area contributed by atoms with Crippen molar-refractivity contribution >= 4 is 0 Å². The Labute approximate surface area is 90.2 Å². The summed E-state index contributed by atoms with van der Waals surface area (Å²) in [7, 11) is 0. The van der Waals surface area contributed by atoms with Crippen LogP contribution in [0.15, 0.2) is 24.3 Å². The van der Waals surface area contributed by atoms with E-state index in [-0.39, 0.29) is 0 Å². The quantitative estimate of drug-likeness (QED) is 0.705. The van der Waals surface area contributed by atoms with Crippen LogP contribution in [0.4, 0.5) is 0 Å². The number of rotatable bonds is 3. The van der Waals surface area contributed by atoms with Crippen molar-refractivity contribution < 1.29 is 9.47 Å². The lowest BCUT2D eigenvalue weighted by molar-refractivity contribution is 0.0310. The van der Waals surface area contributed by atoms with Crippen molar-refractivity contribution in [1.82, 2.24) is 0 Å². The lowest BCUT2D eigenvalue weighted by Gasteiger charge is -2.25. The highest BCUT2D eigenvalue weighted by atomic mass is 16.6. The van der Waals surface area contributed by atoms with E-state index in [4.69, 9.17) is 9.47 Å². The lowest BCUT2D eigenvalue weighted by Crippen LogP contribution is -2.15. The second-order valence-electron chi connectivity index (χ2n) is 4.37. The Hall–Kier alpha value is -0.860. The standard InChI is InChI=1S/C13H16O2/c1-2-6-12-10(4-1)5-3-7-13(12)15-9-11-8-14-11/h1-2,4,6,11,13H,3,5,7-9H2/t11-,13-/m0/s1. The van der Waals surface area contributed by atoms with E-state index in [1.165, 1.54) is 24.0 Å². The van der Waals surface area contributed by atoms with E-state index >= 15 is 0 Å². The third-order valence-electron chi connectivity index (χ3n) is 3.20. The fourth-order valence-electron chi connectivity index (χ4n) is 2.27. The van der Waals surface area contributed by atoms with Crippen molar-refractivity contribution in [2.24, 2.45) is 0 Å². The van der Waals surface area contributed by atoms with Gasteiger partial charge in [-0.25, -0.2) is 0 Å². The van der Waals surface area contributed by atoms with Crippen molar-refractivity contribution in [2.45, 2.75) is 31.5 Å². The van der Waals surface area contributed by atoms with E-state index in [1.807, 2.05) is 0 Å². The Balaban J connectivity index is 1.73. The largest absolute Gasteiger partial charge is 0.371 e. The van der Waals surface area contributed by atoms with Gasteiger partial charge in [0, 0.05) is 0 Å². The van der Waals surface area contributed by atoms with E-state index < -0.39 is 0 Å². The third kappa shape index (κ3) is 2.06. The molecule has 0 N–H and O–H groups in total. The van der Waals surface area contributed by atoms with Crippen LogP contribution in [-0.4, -0.2) is 19.3 Å². The first-order chi connectivity index (χ1) is 7.43. The number of benzene rings is 1. The molecule has 80 valence electrons. The fourth-order valence-corrected chi connectivity index (χ4v) is 2.27. The molecule has 0 aromatic heterocycles. The summed E-state index contributed by atoms with van der Waals surface area (Å²) in [5, 5.41) is 0. The number of fused-ring (bicyclic) bond motifs is 1. The molecule has 0 unspecified atom stereocenters. The molecule has 3 rings (SSSR count). The van der Waals surface area contributed by atoms with Gasteiger partial charge < -0.3 is 9.47 Å². The lowest BCUT2D eigenvalue weighted by atomic mass is 9.89. The van der Waals surface area contributed by atoms with E-state index in [0.717, 1.165) is 19.6 Å². The molecule has 0 spiro atoms. The second-order valence-corrected chi connectivity index (χ2v) is 4.37. The number of hydrogen-bond acceptors (Lipinski definition) is 2. The first-order valence-corrected chi connectivity index (χ1v) is 5.74. The highest BCUT2D eigenvalue weighted by Gasteiger charge is 2.26. The summed E-state index contributed by atoms with van der Waals surface area (Å²) in [5.74, 6) is 0. The number of ether oxygens (including phenoxy) is 2. The van der Waals surface area contributed by atoms with Crippen LogP contribution in [0.5, 0.6) is 0 Å². The second kappa shape index (κ2) is 3.95. The highest BCUT2D eigenvalue weighted by molar-refractivity contribution is 5.31. The van der Waals surface area contributed by atoms with Crippen LogP contribution in [0.3, 0.4) is 0 Å². The smallest absolute Gasteiger partial charge is 0.104 e. The summed E-state index contributed by atoms with van der Waals surface area (Å²) < 4.78 is 11.1.